The van der Waals surface area contributed by atoms with E-state index in [2.05, 4.69) is 55.1 Å². The molecule has 0 heterocycles. The van der Waals surface area contributed by atoms with E-state index in [1.807, 2.05) is 0 Å². The predicted molar refractivity (Wildman–Crippen MR) is 72.8 cm³/mol. The summed E-state index contributed by atoms with van der Waals surface area (Å²) in [5.41, 5.74) is 5.94. The Hall–Kier alpha value is -0.937. The molecule has 0 bridgehead atoms. The van der Waals surface area contributed by atoms with Crippen LogP contribution in [0.3, 0.4) is 0 Å². The molecular weight excluding hydrogens is 295 g/mol. The average Bonchev–Trinajstić information content (AvgIpc) is 2.98. The van der Waals surface area contributed by atoms with E-state index in [1.54, 1.807) is 3.28 Å². The average molecular weight is 311 g/mol. The zero-order chi connectivity index (χ0) is 12.5. The van der Waals surface area contributed by atoms with Gasteiger partial charge in [0, 0.05) is 0 Å². The van der Waals surface area contributed by atoms with Crippen molar-refractivity contribution in [2.75, 3.05) is 0 Å². The van der Waals surface area contributed by atoms with Gasteiger partial charge in [-0.1, -0.05) is 0 Å². The molecule has 0 N–H and O–H groups in total. The fourth-order valence-corrected chi connectivity index (χ4v) is 4.29. The molecule has 18 heavy (non-hydrogen) atoms. The molecule has 0 aromatic heterocycles. The second-order valence-electron chi connectivity index (χ2n) is 4.78. The molecule has 1 heteroatoms. The summed E-state index contributed by atoms with van der Waals surface area (Å²) in [4.78, 5) is 0. The van der Waals surface area contributed by atoms with Crippen LogP contribution in [0.5, 0.6) is 0 Å². The molecule has 0 aliphatic heterocycles. The molecule has 87 valence electrons. The van der Waals surface area contributed by atoms with Gasteiger partial charge in [-0.15, -0.1) is 0 Å². The van der Waals surface area contributed by atoms with Gasteiger partial charge in [0.1, 0.15) is 0 Å². The molecule has 1 unspecified atom stereocenters. The number of fused-ring (bicyclic) bond motifs is 1. The van der Waals surface area contributed by atoms with Crippen LogP contribution < -0.4 is 0 Å². The predicted octanol–water partition coefficient (Wildman–Crippen LogP) is 4.50. The maximum atomic E-state index is 3.91. The normalized spacial score (nSPS) is 21.1. The van der Waals surface area contributed by atoms with E-state index in [9.17, 15) is 0 Å². The van der Waals surface area contributed by atoms with Gasteiger partial charge in [-0.25, -0.2) is 0 Å². The number of benzene rings is 1. The van der Waals surface area contributed by atoms with Gasteiger partial charge in [-0.05, 0) is 0 Å². The minimum absolute atomic E-state index is 0.563. The van der Waals surface area contributed by atoms with Crippen LogP contribution in [0.25, 0.3) is 5.57 Å². The molecule has 0 saturated carbocycles. The molecule has 3 rings (SSSR count). The first-order valence-corrected chi connectivity index (χ1v) is 7.58. The van der Waals surface area contributed by atoms with E-state index in [-0.39, 0.29) is 0 Å². The zero-order valence-corrected chi connectivity index (χ0v) is 12.8. The third-order valence-electron chi connectivity index (χ3n) is 3.72. The van der Waals surface area contributed by atoms with Crippen molar-refractivity contribution in [2.24, 2.45) is 0 Å². The van der Waals surface area contributed by atoms with Crippen molar-refractivity contribution < 1.29 is 24.7 Å². The van der Waals surface area contributed by atoms with E-state index >= 15 is 0 Å². The number of hydrogen-bond donors (Lipinski definition) is 0. The fourth-order valence-electron chi connectivity index (χ4n) is 2.89. The van der Waals surface area contributed by atoms with Gasteiger partial charge < -0.3 is 0 Å². The first-order chi connectivity index (χ1) is 8.83. The summed E-state index contributed by atoms with van der Waals surface area (Å²) < 4.78 is 1.60. The van der Waals surface area contributed by atoms with Gasteiger partial charge in [0.2, 0.25) is 0 Å². The third kappa shape index (κ3) is 1.86. The van der Waals surface area contributed by atoms with Crippen LogP contribution in [0.2, 0.25) is 0 Å². The summed E-state index contributed by atoms with van der Waals surface area (Å²) in [5.74, 6) is 0.563. The van der Waals surface area contributed by atoms with Crippen molar-refractivity contribution in [3.63, 3.8) is 0 Å². The third-order valence-corrected chi connectivity index (χ3v) is 5.19. The molecule has 0 nitrogen and oxygen atoms in total. The standard InChI is InChI=1S/C17H15.Zr/c1-2-7-14-12-17(13-8-3-4-9-13)16-11-6-5-10-15(14)16;/h2-6,8,10-11,14H,1,7,9H2;. The van der Waals surface area contributed by atoms with E-state index < -0.39 is 0 Å². The molecule has 1 atom stereocenters. The molecule has 0 fully saturated rings. The Kier molecular flexibility index (Phi) is 3.35. The Morgan fingerprint density at radius 1 is 1.33 bits per heavy atom. The van der Waals surface area contributed by atoms with Gasteiger partial charge in [-0.3, -0.25) is 0 Å². The van der Waals surface area contributed by atoms with Gasteiger partial charge in [0.15, 0.2) is 0 Å². The molecular formula is C17H15Zr. The summed E-state index contributed by atoms with van der Waals surface area (Å²) in [6.07, 6.45) is 10.9. The molecule has 1 aromatic carbocycles. The van der Waals surface area contributed by atoms with E-state index in [0.29, 0.717) is 5.92 Å². The van der Waals surface area contributed by atoms with Crippen molar-refractivity contribution in [3.8, 4) is 0 Å². The number of hydrogen-bond acceptors (Lipinski definition) is 0. The van der Waals surface area contributed by atoms with E-state index in [0.717, 1.165) is 12.8 Å². The van der Waals surface area contributed by atoms with Gasteiger partial charge >= 0.3 is 124 Å². The van der Waals surface area contributed by atoms with Crippen LogP contribution in [0, 0.1) is 0 Å². The SMILES string of the molecule is C=CCC1[C]([Zr])=C(C2=CC=CC2)c2ccccc21. The number of allylic oxidation sites excluding steroid dienone is 7. The fraction of sp³-hybridized carbons (Fsp3) is 0.176. The van der Waals surface area contributed by atoms with Crippen molar-refractivity contribution in [1.29, 1.82) is 0 Å². The van der Waals surface area contributed by atoms with Crippen LogP contribution in [0.15, 0.2) is 64.0 Å². The van der Waals surface area contributed by atoms with Crippen molar-refractivity contribution in [2.45, 2.75) is 18.8 Å². The van der Waals surface area contributed by atoms with E-state index in [4.69, 9.17) is 0 Å². The van der Waals surface area contributed by atoms with E-state index in [1.165, 1.54) is 47.0 Å². The maximum absolute atomic E-state index is 3.91. The first kappa shape index (κ1) is 12.1. The molecule has 0 spiro atoms. The minimum atomic E-state index is 0.563. The van der Waals surface area contributed by atoms with Crippen molar-refractivity contribution in [3.05, 3.63) is 75.1 Å². The summed E-state index contributed by atoms with van der Waals surface area (Å²) in [7, 11) is 0. The molecule has 0 saturated heterocycles. The second-order valence-corrected chi connectivity index (χ2v) is 6.10. The summed E-state index contributed by atoms with van der Waals surface area (Å²) in [6.45, 7) is 3.91. The topological polar surface area (TPSA) is 0 Å². The first-order valence-electron chi connectivity index (χ1n) is 6.35. The Labute approximate surface area is 124 Å². The molecule has 0 radical (unpaired) electrons. The van der Waals surface area contributed by atoms with Gasteiger partial charge in [0.05, 0.1) is 0 Å². The zero-order valence-electron chi connectivity index (χ0n) is 10.3. The summed E-state index contributed by atoms with van der Waals surface area (Å²) in [5, 5.41) is 0. The van der Waals surface area contributed by atoms with Gasteiger partial charge in [-0.2, -0.15) is 0 Å². The molecule has 1 aromatic rings. The van der Waals surface area contributed by atoms with Crippen molar-refractivity contribution in [1.82, 2.24) is 0 Å². The Morgan fingerprint density at radius 3 is 2.89 bits per heavy atom. The quantitative estimate of drug-likeness (QED) is 0.721. The molecule has 0 amide bonds. The Morgan fingerprint density at radius 2 is 2.17 bits per heavy atom. The monoisotopic (exact) mass is 309 g/mol. The molecule has 2 aliphatic rings. The van der Waals surface area contributed by atoms with Gasteiger partial charge in [0.25, 0.3) is 0 Å². The van der Waals surface area contributed by atoms with Crippen molar-refractivity contribution >= 4 is 5.57 Å². The number of rotatable bonds is 3. The second kappa shape index (κ2) is 4.98. The van der Waals surface area contributed by atoms with Crippen LogP contribution in [-0.4, -0.2) is 0 Å². The summed E-state index contributed by atoms with van der Waals surface area (Å²) >= 11 is 1.54. The van der Waals surface area contributed by atoms with Crippen LogP contribution >= 0.6 is 0 Å². The Balaban J connectivity index is 2.13. The van der Waals surface area contributed by atoms with Crippen LogP contribution in [0.4, 0.5) is 0 Å². The van der Waals surface area contributed by atoms with Crippen LogP contribution in [0.1, 0.15) is 29.9 Å². The Bertz CT molecular complexity index is 587. The molecule has 2 aliphatic carbocycles. The van der Waals surface area contributed by atoms with Crippen LogP contribution in [-0.2, 0) is 24.7 Å². The summed E-state index contributed by atoms with van der Waals surface area (Å²) in [6, 6.07) is 8.87.